The fourth-order valence-electron chi connectivity index (χ4n) is 3.14. The van der Waals surface area contributed by atoms with E-state index in [0.717, 1.165) is 21.2 Å². The lowest BCUT2D eigenvalue weighted by Crippen LogP contribution is -2.42. The van der Waals surface area contributed by atoms with Gasteiger partial charge in [0.05, 0.1) is 9.75 Å². The summed E-state index contributed by atoms with van der Waals surface area (Å²) in [7, 11) is 0. The highest BCUT2D eigenvalue weighted by atomic mass is 32.1. The number of amides is 1. The molecule has 2 N–H and O–H groups in total. The Labute approximate surface area is 125 Å². The Morgan fingerprint density at radius 3 is 3.05 bits per heavy atom. The molecule has 2 saturated heterocycles. The van der Waals surface area contributed by atoms with Gasteiger partial charge in [-0.25, -0.2) is 4.98 Å². The van der Waals surface area contributed by atoms with E-state index in [9.17, 15) is 4.79 Å². The maximum Gasteiger partial charge on any atom is 0.261 e. The number of nitrogens with one attached hydrogen (secondary N) is 2. The first kappa shape index (κ1) is 12.5. The zero-order chi connectivity index (χ0) is 13.5. The van der Waals surface area contributed by atoms with Crippen molar-refractivity contribution in [1.29, 1.82) is 0 Å². The first-order valence-electron chi connectivity index (χ1n) is 6.86. The average molecular weight is 305 g/mol. The lowest BCUT2D eigenvalue weighted by Gasteiger charge is -2.20. The summed E-state index contributed by atoms with van der Waals surface area (Å²) >= 11 is 3.12. The Bertz CT molecular complexity index is 622. The van der Waals surface area contributed by atoms with Gasteiger partial charge >= 0.3 is 0 Å². The predicted octanol–water partition coefficient (Wildman–Crippen LogP) is 2.49. The molecular weight excluding hydrogens is 290 g/mol. The Hall–Kier alpha value is -1.24. The van der Waals surface area contributed by atoms with Crippen LogP contribution >= 0.6 is 22.7 Å². The first-order chi connectivity index (χ1) is 9.79. The van der Waals surface area contributed by atoms with E-state index >= 15 is 0 Å². The zero-order valence-electron chi connectivity index (χ0n) is 10.8. The summed E-state index contributed by atoms with van der Waals surface area (Å²) in [5.74, 6) is 0.0529. The summed E-state index contributed by atoms with van der Waals surface area (Å²) in [6, 6.07) is 5.27. The van der Waals surface area contributed by atoms with Crippen LogP contribution < -0.4 is 10.6 Å². The smallest absolute Gasteiger partial charge is 0.261 e. The van der Waals surface area contributed by atoms with Gasteiger partial charge in [0.2, 0.25) is 0 Å². The SMILES string of the molecule is O=C(NC1CC2CCC1N2)c1ccc(-c2nccs2)s1. The van der Waals surface area contributed by atoms with Crippen LogP contribution in [0.5, 0.6) is 0 Å². The molecule has 1 amide bonds. The fourth-order valence-corrected chi connectivity index (χ4v) is 4.77. The molecular formula is C14H15N3OS2. The van der Waals surface area contributed by atoms with Gasteiger partial charge in [-0.15, -0.1) is 22.7 Å². The van der Waals surface area contributed by atoms with Crippen LogP contribution in [0.3, 0.4) is 0 Å². The molecule has 0 saturated carbocycles. The molecule has 2 aliphatic rings. The predicted molar refractivity (Wildman–Crippen MR) is 81.2 cm³/mol. The standard InChI is InChI=1S/C14H15N3OS2/c18-13(17-10-7-8-1-2-9(10)16-8)11-3-4-12(20-11)14-15-5-6-19-14/h3-6,8-10,16H,1-2,7H2,(H,17,18). The summed E-state index contributed by atoms with van der Waals surface area (Å²) in [5.41, 5.74) is 0. The lowest BCUT2D eigenvalue weighted by molar-refractivity contribution is 0.0935. The third kappa shape index (κ3) is 2.17. The lowest BCUT2D eigenvalue weighted by atomic mass is 9.95. The number of nitrogens with zero attached hydrogens (tertiary/aromatic N) is 1. The van der Waals surface area contributed by atoms with Gasteiger partial charge in [0.25, 0.3) is 5.91 Å². The van der Waals surface area contributed by atoms with Crippen LogP contribution in [0.15, 0.2) is 23.7 Å². The highest BCUT2D eigenvalue weighted by molar-refractivity contribution is 7.22. The zero-order valence-corrected chi connectivity index (χ0v) is 12.5. The molecule has 3 atom stereocenters. The highest BCUT2D eigenvalue weighted by Crippen LogP contribution is 2.31. The molecule has 4 rings (SSSR count). The topological polar surface area (TPSA) is 54.0 Å². The molecule has 20 heavy (non-hydrogen) atoms. The van der Waals surface area contributed by atoms with Crippen molar-refractivity contribution in [2.45, 2.75) is 37.4 Å². The summed E-state index contributed by atoms with van der Waals surface area (Å²) in [6.07, 6.45) is 5.30. The highest BCUT2D eigenvalue weighted by Gasteiger charge is 2.39. The molecule has 4 heterocycles. The maximum atomic E-state index is 12.3. The van der Waals surface area contributed by atoms with Gasteiger partial charge in [-0.05, 0) is 31.4 Å². The number of carbonyl (C=O) groups is 1. The van der Waals surface area contributed by atoms with Crippen LogP contribution in [0.1, 0.15) is 28.9 Å². The molecule has 2 aromatic rings. The van der Waals surface area contributed by atoms with Gasteiger partial charge in [0.1, 0.15) is 5.01 Å². The van der Waals surface area contributed by atoms with Gasteiger partial charge < -0.3 is 10.6 Å². The van der Waals surface area contributed by atoms with Crippen molar-refractivity contribution >= 4 is 28.6 Å². The van der Waals surface area contributed by atoms with Crippen molar-refractivity contribution < 1.29 is 4.79 Å². The van der Waals surface area contributed by atoms with Crippen molar-refractivity contribution in [1.82, 2.24) is 15.6 Å². The number of fused-ring (bicyclic) bond motifs is 2. The number of carbonyl (C=O) groups excluding carboxylic acids is 1. The summed E-state index contributed by atoms with van der Waals surface area (Å²) < 4.78 is 0. The number of thiazole rings is 1. The second-order valence-corrected chi connectivity index (χ2v) is 7.34. The van der Waals surface area contributed by atoms with Gasteiger partial charge in [-0.1, -0.05) is 0 Å². The molecule has 4 nitrogen and oxygen atoms in total. The summed E-state index contributed by atoms with van der Waals surface area (Å²) in [5, 5.41) is 9.66. The van der Waals surface area contributed by atoms with Gasteiger partial charge in [0.15, 0.2) is 0 Å². The van der Waals surface area contributed by atoms with Crippen LogP contribution in [-0.2, 0) is 0 Å². The van der Waals surface area contributed by atoms with E-state index in [4.69, 9.17) is 0 Å². The molecule has 0 spiro atoms. The second kappa shape index (κ2) is 4.95. The van der Waals surface area contributed by atoms with Crippen molar-refractivity contribution in [2.75, 3.05) is 0 Å². The number of aromatic nitrogens is 1. The number of hydrogen-bond donors (Lipinski definition) is 2. The van der Waals surface area contributed by atoms with E-state index < -0.39 is 0 Å². The van der Waals surface area contributed by atoms with Crippen LogP contribution in [0.2, 0.25) is 0 Å². The number of thiophene rings is 1. The van der Waals surface area contributed by atoms with Crippen molar-refractivity contribution in [3.05, 3.63) is 28.6 Å². The molecule has 6 heteroatoms. The molecule has 0 aliphatic carbocycles. The minimum absolute atomic E-state index is 0.0529. The van der Waals surface area contributed by atoms with E-state index in [1.54, 1.807) is 17.5 Å². The van der Waals surface area contributed by atoms with Crippen molar-refractivity contribution in [3.63, 3.8) is 0 Å². The van der Waals surface area contributed by atoms with E-state index in [-0.39, 0.29) is 5.91 Å². The second-order valence-electron chi connectivity index (χ2n) is 5.36. The molecule has 104 valence electrons. The van der Waals surface area contributed by atoms with Gasteiger partial charge in [-0.3, -0.25) is 4.79 Å². The maximum absolute atomic E-state index is 12.3. The minimum atomic E-state index is 0.0529. The van der Waals surface area contributed by atoms with Crippen LogP contribution in [0.4, 0.5) is 0 Å². The Morgan fingerprint density at radius 1 is 1.40 bits per heavy atom. The normalized spacial score (nSPS) is 27.9. The Balaban J connectivity index is 1.46. The van der Waals surface area contributed by atoms with Crippen LogP contribution in [-0.4, -0.2) is 29.0 Å². The van der Waals surface area contributed by atoms with Gasteiger partial charge in [-0.2, -0.15) is 0 Å². The van der Waals surface area contributed by atoms with Crippen molar-refractivity contribution in [2.24, 2.45) is 0 Å². The monoisotopic (exact) mass is 305 g/mol. The molecule has 2 aromatic heterocycles. The fraction of sp³-hybridized carbons (Fsp3) is 0.429. The van der Waals surface area contributed by atoms with Gasteiger partial charge in [0, 0.05) is 29.7 Å². The number of rotatable bonds is 3. The third-order valence-electron chi connectivity index (χ3n) is 4.09. The van der Waals surface area contributed by atoms with E-state index in [1.807, 2.05) is 17.5 Å². The summed E-state index contributed by atoms with van der Waals surface area (Å²) in [6.45, 7) is 0. The first-order valence-corrected chi connectivity index (χ1v) is 8.56. The third-order valence-corrected chi connectivity index (χ3v) is 6.12. The molecule has 2 aliphatic heterocycles. The largest absolute Gasteiger partial charge is 0.347 e. The van der Waals surface area contributed by atoms with E-state index in [0.29, 0.717) is 18.1 Å². The quantitative estimate of drug-likeness (QED) is 0.916. The molecule has 0 aromatic carbocycles. The van der Waals surface area contributed by atoms with E-state index in [1.165, 1.54) is 24.2 Å². The molecule has 3 unspecified atom stereocenters. The number of hydrogen-bond acceptors (Lipinski definition) is 5. The Morgan fingerprint density at radius 2 is 2.35 bits per heavy atom. The van der Waals surface area contributed by atoms with Crippen molar-refractivity contribution in [3.8, 4) is 9.88 Å². The molecule has 2 fully saturated rings. The Kier molecular flexibility index (Phi) is 3.09. The minimum Gasteiger partial charge on any atom is -0.347 e. The average Bonchev–Trinajstić information content (AvgIpc) is 3.21. The summed E-state index contributed by atoms with van der Waals surface area (Å²) in [4.78, 5) is 18.4. The molecule has 0 radical (unpaired) electrons. The van der Waals surface area contributed by atoms with E-state index in [2.05, 4.69) is 15.6 Å². The van der Waals surface area contributed by atoms with Crippen LogP contribution in [0.25, 0.3) is 9.88 Å². The molecule has 2 bridgehead atoms. The van der Waals surface area contributed by atoms with Crippen LogP contribution in [0, 0.1) is 0 Å².